The molecule has 0 aliphatic carbocycles. The summed E-state index contributed by atoms with van der Waals surface area (Å²) in [7, 11) is 2.07. The van der Waals surface area contributed by atoms with Gasteiger partial charge in [-0.05, 0) is 24.0 Å². The Labute approximate surface area is 132 Å². The number of aliphatic imine (C=N–C) groups is 1. The maximum atomic E-state index is 9.55. The molecule has 1 fully saturated rings. The van der Waals surface area contributed by atoms with E-state index in [0.717, 1.165) is 58.1 Å². The lowest BCUT2D eigenvalue weighted by Gasteiger charge is -2.29. The normalized spacial score (nSPS) is 20.3. The fraction of sp³-hybridized carbons (Fsp3) is 0.588. The van der Waals surface area contributed by atoms with Gasteiger partial charge in [-0.15, -0.1) is 0 Å². The second-order valence-electron chi connectivity index (χ2n) is 6.30. The molecule has 2 aliphatic heterocycles. The average molecular weight is 302 g/mol. The van der Waals surface area contributed by atoms with Crippen molar-refractivity contribution < 1.29 is 5.11 Å². The molecule has 0 spiro atoms. The quantitative estimate of drug-likeness (QED) is 0.872. The van der Waals surface area contributed by atoms with Crippen LogP contribution in [0.5, 0.6) is 0 Å². The van der Waals surface area contributed by atoms with Crippen LogP contribution in [0.1, 0.15) is 24.0 Å². The third-order valence-electron chi connectivity index (χ3n) is 4.50. The summed E-state index contributed by atoms with van der Waals surface area (Å²) in [5.41, 5.74) is 2.62. The molecule has 0 amide bonds. The van der Waals surface area contributed by atoms with E-state index in [-0.39, 0.29) is 6.10 Å². The molecular weight excluding hydrogens is 276 g/mol. The Morgan fingerprint density at radius 1 is 1.14 bits per heavy atom. The zero-order valence-electron chi connectivity index (χ0n) is 13.3. The molecule has 22 heavy (non-hydrogen) atoms. The third-order valence-corrected chi connectivity index (χ3v) is 4.50. The zero-order chi connectivity index (χ0) is 15.4. The number of nitrogens with zero attached hydrogens (tertiary/aromatic N) is 3. The van der Waals surface area contributed by atoms with Gasteiger partial charge < -0.3 is 15.3 Å². The van der Waals surface area contributed by atoms with Crippen LogP contribution in [0.25, 0.3) is 0 Å². The largest absolute Gasteiger partial charge is 0.393 e. The molecule has 2 heterocycles. The van der Waals surface area contributed by atoms with E-state index in [2.05, 4.69) is 51.4 Å². The van der Waals surface area contributed by atoms with Crippen molar-refractivity contribution in [3.8, 4) is 0 Å². The summed E-state index contributed by atoms with van der Waals surface area (Å²) in [5.74, 6) is 0.996. The summed E-state index contributed by atoms with van der Waals surface area (Å²) < 4.78 is 0. The van der Waals surface area contributed by atoms with Crippen molar-refractivity contribution in [1.82, 2.24) is 15.1 Å². The lowest BCUT2D eigenvalue weighted by atomic mass is 10.1. The van der Waals surface area contributed by atoms with Crippen LogP contribution in [0.15, 0.2) is 29.3 Å². The van der Waals surface area contributed by atoms with Crippen LogP contribution < -0.4 is 5.32 Å². The lowest BCUT2D eigenvalue weighted by molar-refractivity contribution is 0.0792. The van der Waals surface area contributed by atoms with Gasteiger partial charge in [0.15, 0.2) is 5.96 Å². The van der Waals surface area contributed by atoms with Gasteiger partial charge >= 0.3 is 0 Å². The SMILES string of the molecule is CN1CCN=C1NCc1ccc(CN2CCC(O)CC2)cc1. The molecule has 1 aromatic carbocycles. The van der Waals surface area contributed by atoms with Crippen molar-refractivity contribution in [3.05, 3.63) is 35.4 Å². The second kappa shape index (κ2) is 7.11. The molecule has 0 aromatic heterocycles. The molecule has 5 heteroatoms. The van der Waals surface area contributed by atoms with Gasteiger partial charge in [-0.25, -0.2) is 0 Å². The minimum atomic E-state index is -0.0960. The van der Waals surface area contributed by atoms with Crippen LogP contribution in [0.3, 0.4) is 0 Å². The molecular formula is C17H26N4O. The summed E-state index contributed by atoms with van der Waals surface area (Å²) in [6.07, 6.45) is 1.70. The highest BCUT2D eigenvalue weighted by Gasteiger charge is 2.16. The van der Waals surface area contributed by atoms with Gasteiger partial charge in [0.25, 0.3) is 0 Å². The van der Waals surface area contributed by atoms with Gasteiger partial charge in [0.05, 0.1) is 12.6 Å². The van der Waals surface area contributed by atoms with Crippen molar-refractivity contribution in [2.24, 2.45) is 4.99 Å². The molecule has 1 aromatic rings. The first-order valence-corrected chi connectivity index (χ1v) is 8.18. The van der Waals surface area contributed by atoms with Crippen LogP contribution in [-0.2, 0) is 13.1 Å². The Kier molecular flexibility index (Phi) is 4.95. The molecule has 0 atom stereocenters. The van der Waals surface area contributed by atoms with Gasteiger partial charge in [-0.2, -0.15) is 0 Å². The maximum Gasteiger partial charge on any atom is 0.194 e. The van der Waals surface area contributed by atoms with Gasteiger partial charge in [0, 0.05) is 39.8 Å². The molecule has 3 rings (SSSR count). The summed E-state index contributed by atoms with van der Waals surface area (Å²) in [4.78, 5) is 9.01. The van der Waals surface area contributed by atoms with Crippen LogP contribution in [0.4, 0.5) is 0 Å². The molecule has 2 aliphatic rings. The van der Waals surface area contributed by atoms with E-state index in [0.29, 0.717) is 0 Å². The van der Waals surface area contributed by atoms with E-state index < -0.39 is 0 Å². The van der Waals surface area contributed by atoms with Gasteiger partial charge in [-0.1, -0.05) is 24.3 Å². The first kappa shape index (κ1) is 15.3. The van der Waals surface area contributed by atoms with Crippen molar-refractivity contribution in [3.63, 3.8) is 0 Å². The molecule has 5 nitrogen and oxygen atoms in total. The number of likely N-dealkylation sites (tertiary alicyclic amines) is 1. The van der Waals surface area contributed by atoms with Crippen molar-refractivity contribution in [2.75, 3.05) is 33.2 Å². The number of likely N-dealkylation sites (N-methyl/N-ethyl adjacent to an activating group) is 1. The summed E-state index contributed by atoms with van der Waals surface area (Å²) in [5, 5.41) is 12.9. The minimum absolute atomic E-state index is 0.0960. The number of nitrogens with one attached hydrogen (secondary N) is 1. The predicted octanol–water partition coefficient (Wildman–Crippen LogP) is 1.03. The number of aliphatic hydroxyl groups excluding tert-OH is 1. The highest BCUT2D eigenvalue weighted by atomic mass is 16.3. The highest BCUT2D eigenvalue weighted by molar-refractivity contribution is 5.81. The molecule has 0 saturated carbocycles. The van der Waals surface area contributed by atoms with E-state index in [9.17, 15) is 5.11 Å². The van der Waals surface area contributed by atoms with Gasteiger partial charge in [-0.3, -0.25) is 9.89 Å². The Morgan fingerprint density at radius 3 is 2.45 bits per heavy atom. The van der Waals surface area contributed by atoms with E-state index >= 15 is 0 Å². The van der Waals surface area contributed by atoms with E-state index in [4.69, 9.17) is 0 Å². The predicted molar refractivity (Wildman–Crippen MR) is 88.7 cm³/mol. The second-order valence-corrected chi connectivity index (χ2v) is 6.30. The van der Waals surface area contributed by atoms with E-state index in [1.807, 2.05) is 0 Å². The number of rotatable bonds is 4. The average Bonchev–Trinajstić information content (AvgIpc) is 2.94. The third kappa shape index (κ3) is 3.99. The first-order valence-electron chi connectivity index (χ1n) is 8.18. The van der Waals surface area contributed by atoms with Crippen LogP contribution >= 0.6 is 0 Å². The summed E-state index contributed by atoms with van der Waals surface area (Å²) >= 11 is 0. The Hall–Kier alpha value is -1.59. The number of piperidine rings is 1. The number of guanidine groups is 1. The monoisotopic (exact) mass is 302 g/mol. The zero-order valence-corrected chi connectivity index (χ0v) is 13.3. The summed E-state index contributed by atoms with van der Waals surface area (Å²) in [6, 6.07) is 8.80. The molecule has 0 bridgehead atoms. The molecule has 0 unspecified atom stereocenters. The lowest BCUT2D eigenvalue weighted by Crippen LogP contribution is -2.35. The molecule has 120 valence electrons. The van der Waals surface area contributed by atoms with E-state index in [1.54, 1.807) is 0 Å². The van der Waals surface area contributed by atoms with Crippen molar-refractivity contribution >= 4 is 5.96 Å². The Balaban J connectivity index is 1.47. The minimum Gasteiger partial charge on any atom is -0.393 e. The standard InChI is InChI=1S/C17H26N4O/c1-20-11-8-18-17(20)19-12-14-2-4-15(5-3-14)13-21-9-6-16(22)7-10-21/h2-5,16,22H,6-13H2,1H3,(H,18,19). The fourth-order valence-electron chi connectivity index (χ4n) is 3.00. The first-order chi connectivity index (χ1) is 10.7. The smallest absolute Gasteiger partial charge is 0.194 e. The summed E-state index contributed by atoms with van der Waals surface area (Å²) in [6.45, 7) is 5.69. The van der Waals surface area contributed by atoms with E-state index in [1.165, 1.54) is 11.1 Å². The van der Waals surface area contributed by atoms with Gasteiger partial charge in [0.1, 0.15) is 0 Å². The van der Waals surface area contributed by atoms with Crippen LogP contribution in [0.2, 0.25) is 0 Å². The number of benzene rings is 1. The topological polar surface area (TPSA) is 51.1 Å². The number of aliphatic hydroxyl groups is 1. The van der Waals surface area contributed by atoms with Crippen LogP contribution in [-0.4, -0.2) is 60.2 Å². The van der Waals surface area contributed by atoms with Crippen molar-refractivity contribution in [1.29, 1.82) is 0 Å². The molecule has 0 radical (unpaired) electrons. The Morgan fingerprint density at radius 2 is 1.82 bits per heavy atom. The Bertz CT molecular complexity index is 506. The fourth-order valence-corrected chi connectivity index (χ4v) is 3.00. The maximum absolute atomic E-state index is 9.55. The van der Waals surface area contributed by atoms with Crippen LogP contribution in [0, 0.1) is 0 Å². The number of hydrogen-bond acceptors (Lipinski definition) is 5. The number of hydrogen-bond donors (Lipinski definition) is 2. The molecule has 1 saturated heterocycles. The highest BCUT2D eigenvalue weighted by Crippen LogP contribution is 2.14. The van der Waals surface area contributed by atoms with Gasteiger partial charge in [0.2, 0.25) is 0 Å². The van der Waals surface area contributed by atoms with Crippen molar-refractivity contribution in [2.45, 2.75) is 32.0 Å². The molecule has 2 N–H and O–H groups in total.